The second kappa shape index (κ2) is 15.6. The number of carbonyl (C=O) groups excluding carboxylic acids is 3. The molecule has 2 aromatic carbocycles. The molecule has 15 heteroatoms. The molecule has 1 heterocycles. The number of anilines is 4. The maximum atomic E-state index is 11.8. The third-order valence-electron chi connectivity index (χ3n) is 4.43. The van der Waals surface area contributed by atoms with Gasteiger partial charge in [-0.15, -0.1) is 0 Å². The Morgan fingerprint density at radius 2 is 1.64 bits per heavy atom. The molecule has 0 radical (unpaired) electrons. The van der Waals surface area contributed by atoms with Gasteiger partial charge in [0.25, 0.3) is 5.91 Å². The zero-order valence-electron chi connectivity index (χ0n) is 21.1. The third-order valence-corrected chi connectivity index (χ3v) is 5.26. The molecule has 0 aliphatic heterocycles. The van der Waals surface area contributed by atoms with E-state index >= 15 is 0 Å². The minimum Gasteiger partial charge on any atom is -0.438 e. The van der Waals surface area contributed by atoms with Crippen molar-refractivity contribution in [2.75, 3.05) is 36.2 Å². The van der Waals surface area contributed by atoms with E-state index in [1.165, 1.54) is 13.0 Å². The highest BCUT2D eigenvalue weighted by atomic mass is 31.2. The molecule has 2 unspecified atom stereocenters. The number of nitrogens with one attached hydrogen (secondary N) is 2. The second-order valence-corrected chi connectivity index (χ2v) is 8.25. The molecule has 0 bridgehead atoms. The quantitative estimate of drug-likeness (QED) is 0.0961. The summed E-state index contributed by atoms with van der Waals surface area (Å²) in [7, 11) is -1.10. The molecule has 3 aromatic rings. The van der Waals surface area contributed by atoms with E-state index in [4.69, 9.17) is 26.2 Å². The third kappa shape index (κ3) is 11.1. The molecule has 0 aliphatic rings. The Kier molecular flexibility index (Phi) is 12.2. The number of nitrogen functional groups attached to an aromatic ring is 3. The first-order chi connectivity index (χ1) is 18.6. The van der Waals surface area contributed by atoms with Crippen molar-refractivity contribution >= 4 is 49.6 Å². The Balaban J connectivity index is 0.000000277. The monoisotopic (exact) mass is 560 g/mol. The summed E-state index contributed by atoms with van der Waals surface area (Å²) >= 11 is 0. The summed E-state index contributed by atoms with van der Waals surface area (Å²) in [5, 5.41) is 5.03. The Labute approximate surface area is 225 Å². The van der Waals surface area contributed by atoms with Crippen molar-refractivity contribution in [3.63, 3.8) is 0 Å². The van der Waals surface area contributed by atoms with Crippen LogP contribution in [0.5, 0.6) is 5.75 Å². The summed E-state index contributed by atoms with van der Waals surface area (Å²) < 4.78 is 18.8. The lowest BCUT2D eigenvalue weighted by atomic mass is 10.2. The Hall–Kier alpha value is -4.65. The van der Waals surface area contributed by atoms with E-state index in [1.807, 2.05) is 0 Å². The predicted octanol–water partition coefficient (Wildman–Crippen LogP) is 2.63. The predicted molar refractivity (Wildman–Crippen MR) is 145 cm³/mol. The van der Waals surface area contributed by atoms with Crippen LogP contribution in [-0.4, -0.2) is 47.8 Å². The summed E-state index contributed by atoms with van der Waals surface area (Å²) in [6.45, 7) is 1.25. The van der Waals surface area contributed by atoms with Crippen LogP contribution >= 0.6 is 8.60 Å². The SMILES string of the molecule is COC(=O)OC(C)OP(O)Oc1ccccc1N.Nc1ccc(NC(=O)CNC(=O)c2ccccc2)nc1N. The minimum atomic E-state index is -2.26. The van der Waals surface area contributed by atoms with Gasteiger partial charge in [0.05, 0.1) is 25.0 Å². The number of aromatic nitrogens is 1. The molecule has 1 aromatic heterocycles. The van der Waals surface area contributed by atoms with Crippen LogP contribution in [0.4, 0.5) is 27.8 Å². The highest BCUT2D eigenvalue weighted by molar-refractivity contribution is 7.41. The number of methoxy groups -OCH3 is 1. The van der Waals surface area contributed by atoms with Gasteiger partial charge in [0.1, 0.15) is 11.6 Å². The zero-order chi connectivity index (χ0) is 28.8. The summed E-state index contributed by atoms with van der Waals surface area (Å²) in [4.78, 5) is 47.6. The zero-order valence-corrected chi connectivity index (χ0v) is 22.0. The average Bonchev–Trinajstić information content (AvgIpc) is 2.91. The van der Waals surface area contributed by atoms with Gasteiger partial charge >= 0.3 is 14.8 Å². The van der Waals surface area contributed by atoms with E-state index in [9.17, 15) is 19.3 Å². The van der Waals surface area contributed by atoms with E-state index in [0.717, 1.165) is 7.11 Å². The number of hydrogen-bond donors (Lipinski definition) is 6. The van der Waals surface area contributed by atoms with E-state index < -0.39 is 27.0 Å². The first-order valence-electron chi connectivity index (χ1n) is 11.2. The summed E-state index contributed by atoms with van der Waals surface area (Å²) in [6.07, 6.45) is -1.91. The van der Waals surface area contributed by atoms with E-state index in [1.54, 1.807) is 60.7 Å². The minimum absolute atomic E-state index is 0.140. The lowest BCUT2D eigenvalue weighted by Crippen LogP contribution is -2.33. The lowest BCUT2D eigenvalue weighted by Gasteiger charge is -2.17. The normalized spacial score (nSPS) is 11.6. The van der Waals surface area contributed by atoms with Crippen LogP contribution in [0.1, 0.15) is 17.3 Å². The van der Waals surface area contributed by atoms with Crippen LogP contribution < -0.4 is 32.4 Å². The first-order valence-corrected chi connectivity index (χ1v) is 12.3. The molecule has 0 fully saturated rings. The van der Waals surface area contributed by atoms with Crippen molar-refractivity contribution in [2.45, 2.75) is 13.2 Å². The topological polar surface area (TPSA) is 223 Å². The Morgan fingerprint density at radius 1 is 0.974 bits per heavy atom. The molecule has 0 saturated carbocycles. The number of hydrogen-bond acceptors (Lipinski definition) is 12. The molecule has 3 rings (SSSR count). The summed E-state index contributed by atoms with van der Waals surface area (Å²) in [5.74, 6) is -0.0235. The van der Waals surface area contributed by atoms with Gasteiger partial charge in [-0.2, -0.15) is 0 Å². The molecule has 39 heavy (non-hydrogen) atoms. The van der Waals surface area contributed by atoms with Crippen molar-refractivity contribution in [1.29, 1.82) is 0 Å². The van der Waals surface area contributed by atoms with Gasteiger partial charge in [-0.1, -0.05) is 30.3 Å². The van der Waals surface area contributed by atoms with Crippen LogP contribution in [0.3, 0.4) is 0 Å². The molecule has 9 N–H and O–H groups in total. The van der Waals surface area contributed by atoms with E-state index in [-0.39, 0.29) is 29.8 Å². The number of ether oxygens (including phenoxy) is 2. The molecule has 0 saturated heterocycles. The van der Waals surface area contributed by atoms with Gasteiger partial charge in [-0.25, -0.2) is 9.78 Å². The maximum Gasteiger partial charge on any atom is 0.510 e. The summed E-state index contributed by atoms with van der Waals surface area (Å²) in [5.41, 5.74) is 17.9. The van der Waals surface area contributed by atoms with Crippen molar-refractivity contribution < 1.29 is 37.8 Å². The number of carbonyl (C=O) groups is 3. The van der Waals surface area contributed by atoms with Gasteiger partial charge in [0, 0.05) is 5.56 Å². The molecule has 2 amide bonds. The van der Waals surface area contributed by atoms with Gasteiger partial charge in [0.15, 0.2) is 5.75 Å². The molecule has 208 valence electrons. The van der Waals surface area contributed by atoms with Crippen LogP contribution in [-0.2, 0) is 18.8 Å². The Bertz CT molecular complexity index is 1250. The van der Waals surface area contributed by atoms with Gasteiger partial charge in [-0.3, -0.25) is 14.1 Å². The fourth-order valence-corrected chi connectivity index (χ4v) is 3.27. The maximum absolute atomic E-state index is 11.8. The molecule has 0 aliphatic carbocycles. The van der Waals surface area contributed by atoms with Gasteiger partial charge in [-0.05, 0) is 43.3 Å². The molecular weight excluding hydrogens is 531 g/mol. The van der Waals surface area contributed by atoms with E-state index in [2.05, 4.69) is 25.1 Å². The smallest absolute Gasteiger partial charge is 0.438 e. The van der Waals surface area contributed by atoms with Crippen LogP contribution in [0.25, 0.3) is 0 Å². The highest BCUT2D eigenvalue weighted by Gasteiger charge is 2.18. The number of amides is 2. The molecule has 2 atom stereocenters. The van der Waals surface area contributed by atoms with Crippen LogP contribution in [0.2, 0.25) is 0 Å². The molecule has 0 spiro atoms. The number of para-hydroxylation sites is 2. The van der Waals surface area contributed by atoms with Gasteiger partial charge < -0.3 is 46.7 Å². The summed E-state index contributed by atoms with van der Waals surface area (Å²) in [6, 6.07) is 18.3. The number of nitrogens with zero attached hydrogens (tertiary/aromatic N) is 1. The first kappa shape index (κ1) is 30.6. The molecule has 14 nitrogen and oxygen atoms in total. The van der Waals surface area contributed by atoms with Crippen LogP contribution in [0, 0.1) is 0 Å². The Morgan fingerprint density at radius 3 is 2.28 bits per heavy atom. The number of nitrogens with two attached hydrogens (primary N) is 3. The van der Waals surface area contributed by atoms with Crippen molar-refractivity contribution in [3.05, 3.63) is 72.3 Å². The molecular formula is C24H29N6O8P. The fraction of sp³-hybridized carbons (Fsp3) is 0.167. The lowest BCUT2D eigenvalue weighted by molar-refractivity contribution is -0.115. The van der Waals surface area contributed by atoms with Crippen molar-refractivity contribution in [3.8, 4) is 5.75 Å². The second-order valence-electron chi connectivity index (χ2n) is 7.38. The standard InChI is InChI=1S/C14H15N5O2.C10H14NO6P/c15-10-6-7-11(19-13(10)16)18-12(20)8-17-14(21)9-4-2-1-3-5-9;1-7(15-10(12)14-2)16-18(13)17-9-6-4-3-5-8(9)11/h1-7H,8,15H2,(H,17,21)(H3,16,18,19,20);3-7,13H,11H2,1-2H3. The number of rotatable bonds is 9. The van der Waals surface area contributed by atoms with Crippen LogP contribution in [0.15, 0.2) is 66.7 Å². The van der Waals surface area contributed by atoms with Crippen molar-refractivity contribution in [2.24, 2.45) is 0 Å². The average molecular weight is 561 g/mol. The van der Waals surface area contributed by atoms with Gasteiger partial charge in [0.2, 0.25) is 12.2 Å². The largest absolute Gasteiger partial charge is 0.510 e. The highest BCUT2D eigenvalue weighted by Crippen LogP contribution is 2.38. The van der Waals surface area contributed by atoms with E-state index in [0.29, 0.717) is 16.9 Å². The fourth-order valence-electron chi connectivity index (χ4n) is 2.60. The van der Waals surface area contributed by atoms with Crippen molar-refractivity contribution in [1.82, 2.24) is 10.3 Å². The number of benzene rings is 2. The number of pyridine rings is 1.